The second-order valence-electron chi connectivity index (χ2n) is 14.1. The Morgan fingerprint density at radius 1 is 0.429 bits per heavy atom. The van der Waals surface area contributed by atoms with E-state index < -0.39 is 0 Å². The van der Waals surface area contributed by atoms with Crippen LogP contribution >= 0.6 is 0 Å². The van der Waals surface area contributed by atoms with Gasteiger partial charge in [-0.3, -0.25) is 5.32 Å². The standard InChI is InChI=1S/C51H39N5/c1-6-16-37(17-7-1)49-52-50(38-18-8-2-9-19-38)54-51(53-49)40-29-33-46-45-32-28-39(34-47(45)56(48(46)35-40)43-24-14-5-15-25-43)36-26-30-44(31-27-36)55(41-20-10-3-11-21-41)42-22-12-4-13-23-42/h1-35,49,51,53H,(H,52,54). The minimum absolute atomic E-state index is 0.167. The van der Waals surface area contributed by atoms with E-state index in [-0.39, 0.29) is 12.3 Å². The average molecular weight is 722 g/mol. The number of aromatic nitrogens is 1. The van der Waals surface area contributed by atoms with Crippen molar-refractivity contribution in [2.45, 2.75) is 12.3 Å². The molecule has 8 aromatic carbocycles. The molecule has 56 heavy (non-hydrogen) atoms. The van der Waals surface area contributed by atoms with Crippen molar-refractivity contribution in [1.82, 2.24) is 15.2 Å². The first-order valence-electron chi connectivity index (χ1n) is 19.1. The van der Waals surface area contributed by atoms with E-state index in [1.165, 1.54) is 21.9 Å². The van der Waals surface area contributed by atoms with E-state index in [1.54, 1.807) is 0 Å². The zero-order chi connectivity index (χ0) is 37.3. The summed E-state index contributed by atoms with van der Waals surface area (Å²) in [6, 6.07) is 75.3. The number of aliphatic imine (C=N–C) groups is 1. The van der Waals surface area contributed by atoms with Crippen LogP contribution in [0.4, 0.5) is 17.1 Å². The highest BCUT2D eigenvalue weighted by molar-refractivity contribution is 6.10. The predicted octanol–water partition coefficient (Wildman–Crippen LogP) is 12.3. The van der Waals surface area contributed by atoms with Crippen molar-refractivity contribution in [2.75, 3.05) is 4.90 Å². The van der Waals surface area contributed by atoms with Crippen LogP contribution in [0.2, 0.25) is 0 Å². The van der Waals surface area contributed by atoms with Gasteiger partial charge in [0.25, 0.3) is 0 Å². The van der Waals surface area contributed by atoms with Gasteiger partial charge >= 0.3 is 0 Å². The first-order chi connectivity index (χ1) is 27.8. The van der Waals surface area contributed by atoms with Gasteiger partial charge in [0.1, 0.15) is 18.2 Å². The molecule has 1 aliphatic rings. The van der Waals surface area contributed by atoms with Crippen molar-refractivity contribution in [2.24, 2.45) is 4.99 Å². The lowest BCUT2D eigenvalue weighted by Crippen LogP contribution is -2.44. The molecule has 2 N–H and O–H groups in total. The average Bonchev–Trinajstić information content (AvgIpc) is 3.61. The number of fused-ring (bicyclic) bond motifs is 3. The van der Waals surface area contributed by atoms with Gasteiger partial charge in [0.15, 0.2) is 0 Å². The van der Waals surface area contributed by atoms with Crippen LogP contribution in [0.1, 0.15) is 29.0 Å². The van der Waals surface area contributed by atoms with Gasteiger partial charge in [-0.05, 0) is 82.9 Å². The Hall–Kier alpha value is -7.21. The highest BCUT2D eigenvalue weighted by Crippen LogP contribution is 2.39. The van der Waals surface area contributed by atoms with Crippen LogP contribution in [0.15, 0.2) is 217 Å². The Labute approximate surface area is 326 Å². The second kappa shape index (κ2) is 14.6. The molecule has 1 aromatic heterocycles. The number of hydrogen-bond donors (Lipinski definition) is 2. The predicted molar refractivity (Wildman–Crippen MR) is 232 cm³/mol. The quantitative estimate of drug-likeness (QED) is 0.164. The van der Waals surface area contributed by atoms with E-state index in [1.807, 2.05) is 12.1 Å². The third-order valence-electron chi connectivity index (χ3n) is 10.7. The first-order valence-corrected chi connectivity index (χ1v) is 19.1. The SMILES string of the molecule is c1ccc(C2=NC(c3ccccc3)NC(c3ccc4c5ccc(-c6ccc(N(c7ccccc7)c7ccccc7)cc6)cc5n(-c5ccccc5)c4c3)N2)cc1. The first kappa shape index (κ1) is 33.4. The van der Waals surface area contributed by atoms with Crippen LogP contribution in [0.3, 0.4) is 0 Å². The molecule has 0 spiro atoms. The van der Waals surface area contributed by atoms with Gasteiger partial charge in [-0.15, -0.1) is 0 Å². The molecule has 1 aliphatic heterocycles. The summed E-state index contributed by atoms with van der Waals surface area (Å²) in [7, 11) is 0. The number of benzene rings is 8. The van der Waals surface area contributed by atoms with Gasteiger partial charge < -0.3 is 14.8 Å². The molecule has 9 aromatic rings. The van der Waals surface area contributed by atoms with E-state index in [0.29, 0.717) is 0 Å². The molecule has 10 rings (SSSR count). The third kappa shape index (κ3) is 6.30. The fourth-order valence-corrected chi connectivity index (χ4v) is 7.93. The summed E-state index contributed by atoms with van der Waals surface area (Å²) in [5, 5.41) is 9.96. The summed E-state index contributed by atoms with van der Waals surface area (Å²) >= 11 is 0. The van der Waals surface area contributed by atoms with Gasteiger partial charge in [-0.2, -0.15) is 0 Å². The van der Waals surface area contributed by atoms with Gasteiger partial charge in [-0.25, -0.2) is 4.99 Å². The Kier molecular flexibility index (Phi) is 8.67. The fraction of sp³-hybridized carbons (Fsp3) is 0.0392. The van der Waals surface area contributed by atoms with E-state index in [9.17, 15) is 0 Å². The van der Waals surface area contributed by atoms with Crippen molar-refractivity contribution in [3.63, 3.8) is 0 Å². The molecule has 0 radical (unpaired) electrons. The van der Waals surface area contributed by atoms with Gasteiger partial charge in [0.05, 0.1) is 11.0 Å². The molecule has 0 bridgehead atoms. The third-order valence-corrected chi connectivity index (χ3v) is 10.7. The van der Waals surface area contributed by atoms with Crippen LogP contribution in [0.25, 0.3) is 38.6 Å². The summed E-state index contributed by atoms with van der Waals surface area (Å²) in [5.74, 6) is 0.873. The maximum atomic E-state index is 5.13. The van der Waals surface area contributed by atoms with Crippen LogP contribution in [0, 0.1) is 0 Å². The summed E-state index contributed by atoms with van der Waals surface area (Å²) in [5.41, 5.74) is 12.5. The summed E-state index contributed by atoms with van der Waals surface area (Å²) in [6.45, 7) is 0. The van der Waals surface area contributed by atoms with E-state index >= 15 is 0 Å². The lowest BCUT2D eigenvalue weighted by Gasteiger charge is -2.32. The number of hydrogen-bond acceptors (Lipinski definition) is 4. The Morgan fingerprint density at radius 2 is 0.946 bits per heavy atom. The van der Waals surface area contributed by atoms with Crippen LogP contribution < -0.4 is 15.5 Å². The highest BCUT2D eigenvalue weighted by atomic mass is 15.3. The maximum absolute atomic E-state index is 5.13. The molecule has 2 unspecified atom stereocenters. The van der Waals surface area contributed by atoms with E-state index in [4.69, 9.17) is 4.99 Å². The minimum atomic E-state index is -0.199. The van der Waals surface area contributed by atoms with E-state index in [0.717, 1.165) is 56.4 Å². The fourth-order valence-electron chi connectivity index (χ4n) is 7.93. The number of nitrogens with one attached hydrogen (secondary N) is 2. The molecule has 2 atom stereocenters. The lowest BCUT2D eigenvalue weighted by atomic mass is 10.0. The van der Waals surface area contributed by atoms with Gasteiger partial charge in [-0.1, -0.05) is 152 Å². The molecular weight excluding hydrogens is 683 g/mol. The largest absolute Gasteiger partial charge is 0.350 e. The maximum Gasteiger partial charge on any atom is 0.131 e. The summed E-state index contributed by atoms with van der Waals surface area (Å²) < 4.78 is 2.41. The molecule has 5 nitrogen and oxygen atoms in total. The molecule has 0 saturated carbocycles. The smallest absolute Gasteiger partial charge is 0.131 e. The topological polar surface area (TPSA) is 44.6 Å². The van der Waals surface area contributed by atoms with Crippen LogP contribution in [-0.2, 0) is 0 Å². The van der Waals surface area contributed by atoms with Crippen molar-refractivity contribution in [3.05, 3.63) is 229 Å². The summed E-state index contributed by atoms with van der Waals surface area (Å²) in [6.07, 6.45) is -0.366. The molecule has 0 fully saturated rings. The second-order valence-corrected chi connectivity index (χ2v) is 14.1. The molecule has 5 heteroatoms. The normalized spacial score (nSPS) is 15.3. The minimum Gasteiger partial charge on any atom is -0.350 e. The zero-order valence-corrected chi connectivity index (χ0v) is 30.7. The lowest BCUT2D eigenvalue weighted by molar-refractivity contribution is 0.409. The zero-order valence-electron chi connectivity index (χ0n) is 30.7. The number of para-hydroxylation sites is 3. The number of rotatable bonds is 8. The van der Waals surface area contributed by atoms with Crippen molar-refractivity contribution < 1.29 is 0 Å². The Balaban J connectivity index is 1.06. The van der Waals surface area contributed by atoms with E-state index in [2.05, 4.69) is 220 Å². The van der Waals surface area contributed by atoms with Gasteiger partial charge in [0.2, 0.25) is 0 Å². The summed E-state index contributed by atoms with van der Waals surface area (Å²) in [4.78, 5) is 7.43. The molecule has 0 saturated heterocycles. The molecule has 268 valence electrons. The number of anilines is 3. The van der Waals surface area contributed by atoms with Crippen LogP contribution in [-0.4, -0.2) is 10.4 Å². The highest BCUT2D eigenvalue weighted by Gasteiger charge is 2.26. The van der Waals surface area contributed by atoms with Crippen molar-refractivity contribution in [3.8, 4) is 16.8 Å². The Morgan fingerprint density at radius 3 is 1.59 bits per heavy atom. The molecule has 0 amide bonds. The van der Waals surface area contributed by atoms with Crippen molar-refractivity contribution in [1.29, 1.82) is 0 Å². The molecular formula is C51H39N5. The Bertz CT molecular complexity index is 2740. The monoisotopic (exact) mass is 721 g/mol. The molecule has 2 heterocycles. The van der Waals surface area contributed by atoms with Crippen molar-refractivity contribution >= 4 is 44.7 Å². The number of amidine groups is 1. The molecule has 0 aliphatic carbocycles. The van der Waals surface area contributed by atoms with Gasteiger partial charge in [0, 0.05) is 39.1 Å². The van der Waals surface area contributed by atoms with Crippen LogP contribution in [0.5, 0.6) is 0 Å². The number of nitrogens with zero attached hydrogens (tertiary/aromatic N) is 3.